The van der Waals surface area contributed by atoms with Gasteiger partial charge in [-0.1, -0.05) is 6.42 Å². The fraction of sp³-hybridized carbons (Fsp3) is 0.900. The van der Waals surface area contributed by atoms with Gasteiger partial charge in [0.25, 0.3) is 0 Å². The van der Waals surface area contributed by atoms with Crippen molar-refractivity contribution in [2.75, 3.05) is 19.0 Å². The van der Waals surface area contributed by atoms with E-state index in [0.717, 1.165) is 24.9 Å². The van der Waals surface area contributed by atoms with E-state index >= 15 is 0 Å². The normalized spacial score (nSPS) is 32.2. The lowest BCUT2D eigenvalue weighted by molar-refractivity contribution is -0.130. The maximum Gasteiger partial charge on any atom is 0.223 e. The summed E-state index contributed by atoms with van der Waals surface area (Å²) in [5, 5.41) is 0. The van der Waals surface area contributed by atoms with Crippen LogP contribution in [0.4, 0.5) is 0 Å². The molecule has 0 N–H and O–H groups in total. The Balaban J connectivity index is 1.87. The number of hydrogen-bond acceptors (Lipinski definition) is 1. The number of alkyl halides is 1. The predicted molar refractivity (Wildman–Crippen MR) is 52.7 cm³/mol. The average molecular weight is 202 g/mol. The van der Waals surface area contributed by atoms with Crippen LogP contribution < -0.4 is 0 Å². The summed E-state index contributed by atoms with van der Waals surface area (Å²) in [5.74, 6) is 2.33. The molecule has 2 unspecified atom stereocenters. The Morgan fingerprint density at radius 2 is 1.92 bits per heavy atom. The van der Waals surface area contributed by atoms with Crippen LogP contribution in [0.3, 0.4) is 0 Å². The summed E-state index contributed by atoms with van der Waals surface area (Å²) in [5.41, 5.74) is 0. The molecule has 1 saturated carbocycles. The molecule has 74 valence electrons. The van der Waals surface area contributed by atoms with E-state index in [1.165, 1.54) is 19.3 Å². The first-order chi connectivity index (χ1) is 6.31. The van der Waals surface area contributed by atoms with Gasteiger partial charge in [0, 0.05) is 25.4 Å². The van der Waals surface area contributed by atoms with Crippen molar-refractivity contribution >= 4 is 17.5 Å². The fourth-order valence-electron chi connectivity index (χ4n) is 2.68. The molecule has 0 radical (unpaired) electrons. The molecule has 1 amide bonds. The highest BCUT2D eigenvalue weighted by Crippen LogP contribution is 2.37. The maximum absolute atomic E-state index is 11.5. The molecule has 2 nitrogen and oxygen atoms in total. The smallest absolute Gasteiger partial charge is 0.223 e. The molecule has 0 aromatic heterocycles. The molecular weight excluding hydrogens is 186 g/mol. The van der Waals surface area contributed by atoms with Crippen molar-refractivity contribution in [3.05, 3.63) is 0 Å². The monoisotopic (exact) mass is 201 g/mol. The summed E-state index contributed by atoms with van der Waals surface area (Å²) in [4.78, 5) is 13.5. The average Bonchev–Trinajstić information content (AvgIpc) is 2.61. The molecule has 13 heavy (non-hydrogen) atoms. The predicted octanol–water partition coefficient (Wildman–Crippen LogP) is 1.87. The minimum Gasteiger partial charge on any atom is -0.342 e. The van der Waals surface area contributed by atoms with Gasteiger partial charge in [-0.25, -0.2) is 0 Å². The second-order valence-electron chi connectivity index (χ2n) is 4.19. The standard InChI is InChI=1S/C10H16ClNO/c11-5-4-10(13)12-6-8-2-1-3-9(8)7-12/h8-9H,1-7H2. The molecule has 1 aliphatic heterocycles. The first-order valence-electron chi connectivity index (χ1n) is 5.15. The van der Waals surface area contributed by atoms with Gasteiger partial charge in [0.05, 0.1) is 0 Å². The summed E-state index contributed by atoms with van der Waals surface area (Å²) >= 11 is 5.55. The number of likely N-dealkylation sites (tertiary alicyclic amines) is 1. The molecule has 1 heterocycles. The van der Waals surface area contributed by atoms with Gasteiger partial charge in [-0.3, -0.25) is 4.79 Å². The first kappa shape index (κ1) is 9.32. The summed E-state index contributed by atoms with van der Waals surface area (Å²) < 4.78 is 0. The van der Waals surface area contributed by atoms with E-state index in [0.29, 0.717) is 12.3 Å². The van der Waals surface area contributed by atoms with Crippen LogP contribution in [0.15, 0.2) is 0 Å². The number of halogens is 1. The first-order valence-corrected chi connectivity index (χ1v) is 5.68. The number of amides is 1. The maximum atomic E-state index is 11.5. The van der Waals surface area contributed by atoms with Crippen molar-refractivity contribution in [1.29, 1.82) is 0 Å². The van der Waals surface area contributed by atoms with Gasteiger partial charge < -0.3 is 4.90 Å². The third-order valence-electron chi connectivity index (χ3n) is 3.39. The van der Waals surface area contributed by atoms with Crippen LogP contribution in [0.25, 0.3) is 0 Å². The van der Waals surface area contributed by atoms with Gasteiger partial charge >= 0.3 is 0 Å². The van der Waals surface area contributed by atoms with Gasteiger partial charge in [0.15, 0.2) is 0 Å². The van der Waals surface area contributed by atoms with Crippen molar-refractivity contribution in [1.82, 2.24) is 4.90 Å². The Hall–Kier alpha value is -0.240. The van der Waals surface area contributed by atoms with Crippen LogP contribution in [0, 0.1) is 11.8 Å². The number of nitrogens with zero attached hydrogens (tertiary/aromatic N) is 1. The number of carbonyl (C=O) groups excluding carboxylic acids is 1. The van der Waals surface area contributed by atoms with Crippen LogP contribution in [0.2, 0.25) is 0 Å². The molecule has 1 saturated heterocycles. The Bertz CT molecular complexity index is 195. The zero-order valence-corrected chi connectivity index (χ0v) is 8.59. The second kappa shape index (κ2) is 3.87. The molecule has 0 spiro atoms. The lowest BCUT2D eigenvalue weighted by Crippen LogP contribution is -2.29. The summed E-state index contributed by atoms with van der Waals surface area (Å²) in [7, 11) is 0. The van der Waals surface area contributed by atoms with Crippen LogP contribution in [-0.2, 0) is 4.79 Å². The van der Waals surface area contributed by atoms with Crippen molar-refractivity contribution < 1.29 is 4.79 Å². The van der Waals surface area contributed by atoms with E-state index in [9.17, 15) is 4.79 Å². The lowest BCUT2D eigenvalue weighted by Gasteiger charge is -2.16. The van der Waals surface area contributed by atoms with Gasteiger partial charge in [-0.05, 0) is 24.7 Å². The largest absolute Gasteiger partial charge is 0.342 e. The number of hydrogen-bond donors (Lipinski definition) is 0. The Labute approximate surface area is 84.2 Å². The number of carbonyl (C=O) groups is 1. The third kappa shape index (κ3) is 1.83. The summed E-state index contributed by atoms with van der Waals surface area (Å²) in [6.45, 7) is 2.00. The summed E-state index contributed by atoms with van der Waals surface area (Å²) in [6, 6.07) is 0. The van der Waals surface area contributed by atoms with E-state index in [2.05, 4.69) is 0 Å². The van der Waals surface area contributed by atoms with E-state index in [1.54, 1.807) is 0 Å². The van der Waals surface area contributed by atoms with Crippen molar-refractivity contribution in [3.63, 3.8) is 0 Å². The molecule has 0 aromatic carbocycles. The van der Waals surface area contributed by atoms with E-state index in [1.807, 2.05) is 4.90 Å². The number of rotatable bonds is 2. The Morgan fingerprint density at radius 1 is 1.31 bits per heavy atom. The van der Waals surface area contributed by atoms with Gasteiger partial charge in [-0.15, -0.1) is 11.6 Å². The van der Waals surface area contributed by atoms with Gasteiger partial charge in [0.1, 0.15) is 0 Å². The highest BCUT2D eigenvalue weighted by Gasteiger charge is 2.37. The molecule has 2 fully saturated rings. The topological polar surface area (TPSA) is 20.3 Å². The zero-order chi connectivity index (χ0) is 9.26. The van der Waals surface area contributed by atoms with Crippen LogP contribution in [0.1, 0.15) is 25.7 Å². The minimum absolute atomic E-state index is 0.254. The van der Waals surface area contributed by atoms with E-state index < -0.39 is 0 Å². The third-order valence-corrected chi connectivity index (χ3v) is 3.58. The lowest BCUT2D eigenvalue weighted by atomic mass is 10.0. The van der Waals surface area contributed by atoms with E-state index in [-0.39, 0.29) is 5.91 Å². The van der Waals surface area contributed by atoms with Crippen LogP contribution in [0.5, 0.6) is 0 Å². The van der Waals surface area contributed by atoms with Crippen molar-refractivity contribution in [3.8, 4) is 0 Å². The van der Waals surface area contributed by atoms with Crippen molar-refractivity contribution in [2.45, 2.75) is 25.7 Å². The van der Waals surface area contributed by atoms with Gasteiger partial charge in [-0.2, -0.15) is 0 Å². The van der Waals surface area contributed by atoms with Crippen molar-refractivity contribution in [2.24, 2.45) is 11.8 Å². The highest BCUT2D eigenvalue weighted by atomic mass is 35.5. The van der Waals surface area contributed by atoms with Crippen LogP contribution in [-0.4, -0.2) is 29.8 Å². The fourth-order valence-corrected chi connectivity index (χ4v) is 2.84. The minimum atomic E-state index is 0.254. The zero-order valence-electron chi connectivity index (χ0n) is 7.84. The van der Waals surface area contributed by atoms with Gasteiger partial charge in [0.2, 0.25) is 5.91 Å². The quantitative estimate of drug-likeness (QED) is 0.625. The van der Waals surface area contributed by atoms with Crippen LogP contribution >= 0.6 is 11.6 Å². The molecule has 2 atom stereocenters. The molecular formula is C10H16ClNO. The molecule has 0 aromatic rings. The number of fused-ring (bicyclic) bond motifs is 1. The Morgan fingerprint density at radius 3 is 2.46 bits per heavy atom. The SMILES string of the molecule is O=C(CCCl)N1CC2CCCC2C1. The highest BCUT2D eigenvalue weighted by molar-refractivity contribution is 6.18. The second-order valence-corrected chi connectivity index (χ2v) is 4.57. The van der Waals surface area contributed by atoms with E-state index in [4.69, 9.17) is 11.6 Å². The molecule has 2 rings (SSSR count). The summed E-state index contributed by atoms with van der Waals surface area (Å²) in [6.07, 6.45) is 4.54. The Kier molecular flexibility index (Phi) is 2.77. The molecule has 1 aliphatic carbocycles. The molecule has 0 bridgehead atoms. The molecule has 3 heteroatoms. The molecule has 2 aliphatic rings.